The molecule has 2 unspecified atom stereocenters. The fourth-order valence-corrected chi connectivity index (χ4v) is 14.4. The van der Waals surface area contributed by atoms with E-state index in [1.807, 2.05) is 0 Å². The summed E-state index contributed by atoms with van der Waals surface area (Å²) in [6.07, 6.45) is -3.57. The Morgan fingerprint density at radius 1 is 0.759 bits per heavy atom. The molecule has 13 atom stereocenters. The molecule has 18 N–H and O–H groups in total. The van der Waals surface area contributed by atoms with Crippen molar-refractivity contribution in [1.29, 1.82) is 0 Å². The van der Waals surface area contributed by atoms with Crippen LogP contribution in [0.3, 0.4) is 0 Å². The van der Waals surface area contributed by atoms with Crippen LogP contribution in [0.5, 0.6) is 5.75 Å². The number of aromatic amines is 1. The Labute approximate surface area is 669 Å². The molecule has 0 aliphatic carbocycles. The summed E-state index contributed by atoms with van der Waals surface area (Å²) in [5.74, 6) is -15.7. The lowest BCUT2D eigenvalue weighted by atomic mass is 9.93. The number of benzene rings is 2. The summed E-state index contributed by atoms with van der Waals surface area (Å²) >= 11 is -2.47. The molecule has 2 bridgehead atoms. The second-order valence-corrected chi connectivity index (χ2v) is 30.2. The minimum absolute atomic E-state index is 0.0260. The predicted octanol–water partition coefficient (Wildman–Crippen LogP) is -3.13. The van der Waals surface area contributed by atoms with Gasteiger partial charge in [0.2, 0.25) is 70.0 Å². The number of anilines is 1. The zero-order valence-electron chi connectivity index (χ0n) is 65.3. The summed E-state index contributed by atoms with van der Waals surface area (Å²) in [5.41, 5.74) is 6.25. The lowest BCUT2D eigenvalue weighted by molar-refractivity contribution is -0.144. The van der Waals surface area contributed by atoms with E-state index in [0.717, 1.165) is 14.7 Å². The first-order valence-electron chi connectivity index (χ1n) is 37.9. The number of carbonyl (C=O) groups is 17. The number of aliphatic hydroxyl groups excluding tert-OH is 2. The number of fused-ring (bicyclic) bond motifs is 5. The van der Waals surface area contributed by atoms with E-state index in [9.17, 15) is 82.4 Å². The molecule has 3 aromatic rings. The van der Waals surface area contributed by atoms with Crippen molar-refractivity contribution in [3.05, 3.63) is 65.7 Å². The van der Waals surface area contributed by atoms with Gasteiger partial charge in [-0.15, -0.1) is 0 Å². The van der Waals surface area contributed by atoms with E-state index >= 15 is 18.9 Å². The maximum Gasteiger partial charge on any atom is 0.409 e. The number of amides is 17. The van der Waals surface area contributed by atoms with Gasteiger partial charge in [0.05, 0.1) is 45.0 Å². The number of carbonyl (C=O) groups excluding carboxylic acids is 16. The average molecular weight is 1650 g/mol. The van der Waals surface area contributed by atoms with Gasteiger partial charge in [0, 0.05) is 111 Å². The van der Waals surface area contributed by atoms with E-state index in [2.05, 4.69) is 68.8 Å². The van der Waals surface area contributed by atoms with Crippen LogP contribution >= 0.6 is 0 Å². The van der Waals surface area contributed by atoms with Crippen molar-refractivity contribution < 1.29 is 116 Å². The number of rotatable bonds is 31. The fourth-order valence-electron chi connectivity index (χ4n) is 13.0. The van der Waals surface area contributed by atoms with Crippen molar-refractivity contribution in [1.82, 2.24) is 78.2 Å². The van der Waals surface area contributed by atoms with Gasteiger partial charge in [0.15, 0.2) is 6.04 Å². The van der Waals surface area contributed by atoms with Crippen molar-refractivity contribution >= 4 is 129 Å². The Hall–Kier alpha value is -11.7. The van der Waals surface area contributed by atoms with Gasteiger partial charge in [-0.3, -0.25) is 72.0 Å². The highest BCUT2D eigenvalue weighted by molar-refractivity contribution is 7.91. The molecule has 1 saturated heterocycles. The van der Waals surface area contributed by atoms with Crippen LogP contribution in [0.15, 0.2) is 59.6 Å². The Balaban J connectivity index is 1.05. The van der Waals surface area contributed by atoms with Crippen molar-refractivity contribution in [2.45, 2.75) is 177 Å². The number of unbranched alkanes of at least 4 members (excludes halogenated alkanes) is 2. The van der Waals surface area contributed by atoms with Crippen LogP contribution in [0.25, 0.3) is 10.9 Å². The molecule has 4 aliphatic heterocycles. The molecule has 0 saturated carbocycles. The Morgan fingerprint density at radius 2 is 1.45 bits per heavy atom. The molecule has 41 nitrogen and oxygen atoms in total. The lowest BCUT2D eigenvalue weighted by Gasteiger charge is -2.33. The summed E-state index contributed by atoms with van der Waals surface area (Å²) in [6, 6.07) is -3.10. The smallest absolute Gasteiger partial charge is 0.409 e. The third-order valence-electron chi connectivity index (χ3n) is 19.9. The van der Waals surface area contributed by atoms with E-state index in [4.69, 9.17) is 19.9 Å². The van der Waals surface area contributed by atoms with Crippen LogP contribution in [0.1, 0.15) is 110 Å². The Kier molecular flexibility index (Phi) is 34.5. The van der Waals surface area contributed by atoms with Gasteiger partial charge in [-0.2, -0.15) is 0 Å². The normalized spacial score (nSPS) is 21.8. The van der Waals surface area contributed by atoms with Gasteiger partial charge in [0.25, 0.3) is 11.8 Å². The van der Waals surface area contributed by atoms with E-state index in [-0.39, 0.29) is 79.2 Å². The number of aliphatic carboxylic acids is 1. The SMILES string of the molecule is CC[C@H](C)[C@H]1NC(=O)CNC(=O)[C@H]2Cc3c([nH]c4cc(OC)ccc34)[S+]([O-])C[C@H](NC(=O)CNC1=O)C(=O)N[C@@H](CCC(=O)O)C(=O)N1C[C@@H](OC(=O)N(C)CCNC(=O)OCc3ccc(NC(=O)[C@H](CCCNC(N)=O)NC(=O)[C@@H](NC(=O)CCCCCN4C(=O)C=CC4=O)C(C)C)cc3)CC1C(=O)N[C@H]([C@@H](C)[C@@H](O)CO)C(=O)N2. The molecule has 116 heavy (non-hydrogen) atoms. The molecule has 0 spiro atoms. The zero-order chi connectivity index (χ0) is 85.2. The third kappa shape index (κ3) is 26.4. The van der Waals surface area contributed by atoms with Crippen LogP contribution in [-0.4, -0.2) is 273 Å². The maximum absolute atomic E-state index is 15.2. The van der Waals surface area contributed by atoms with E-state index in [1.54, 1.807) is 27.7 Å². The van der Waals surface area contributed by atoms with Gasteiger partial charge >= 0.3 is 24.2 Å². The number of imide groups is 1. The fraction of sp³-hybridized carbons (Fsp3) is 0.554. The number of nitrogens with two attached hydrogens (primary N) is 1. The highest BCUT2D eigenvalue weighted by atomic mass is 32.2. The van der Waals surface area contributed by atoms with E-state index in [0.29, 0.717) is 37.0 Å². The van der Waals surface area contributed by atoms with Crippen LogP contribution in [-0.2, 0) is 101 Å². The third-order valence-corrected chi connectivity index (χ3v) is 21.4. The van der Waals surface area contributed by atoms with Crippen LogP contribution in [0.2, 0.25) is 0 Å². The number of nitrogens with zero attached hydrogens (tertiary/aromatic N) is 3. The molecular weight excluding hydrogens is 1540 g/mol. The van der Waals surface area contributed by atoms with Gasteiger partial charge in [0.1, 0.15) is 66.5 Å². The Bertz CT molecular complexity index is 4130. The van der Waals surface area contributed by atoms with Gasteiger partial charge in [-0.05, 0) is 73.8 Å². The van der Waals surface area contributed by atoms with Crippen LogP contribution in [0.4, 0.5) is 20.1 Å². The maximum atomic E-state index is 15.2. The number of hydrogen-bond donors (Lipinski definition) is 17. The monoisotopic (exact) mass is 1650 g/mol. The molecule has 42 heteroatoms. The molecule has 634 valence electrons. The number of H-pyrrole nitrogens is 1. The summed E-state index contributed by atoms with van der Waals surface area (Å²) < 4.78 is 31.7. The number of likely N-dealkylation sites (N-methyl/N-ethyl adjacent to an activating group) is 1. The molecule has 7 rings (SSSR count). The number of nitrogens with one attached hydrogen (secondary N) is 13. The minimum Gasteiger partial charge on any atom is -0.610 e. The lowest BCUT2D eigenvalue weighted by Crippen LogP contribution is -2.62. The predicted molar refractivity (Wildman–Crippen MR) is 410 cm³/mol. The Morgan fingerprint density at radius 3 is 2.10 bits per heavy atom. The molecule has 1 fully saturated rings. The van der Waals surface area contributed by atoms with Crippen LogP contribution < -0.4 is 74.3 Å². The zero-order valence-corrected chi connectivity index (χ0v) is 66.1. The largest absolute Gasteiger partial charge is 0.610 e. The van der Waals surface area contributed by atoms with Gasteiger partial charge < -0.3 is 118 Å². The highest BCUT2D eigenvalue weighted by Gasteiger charge is 2.47. The molecule has 17 amide bonds. The minimum atomic E-state index is -2.47. The highest BCUT2D eigenvalue weighted by Crippen LogP contribution is 2.32. The van der Waals surface area contributed by atoms with Crippen molar-refractivity contribution in [2.24, 2.45) is 23.5 Å². The van der Waals surface area contributed by atoms with Crippen molar-refractivity contribution in [3.8, 4) is 5.75 Å². The first kappa shape index (κ1) is 91.5. The summed E-state index contributed by atoms with van der Waals surface area (Å²) in [5, 5.41) is 61.9. The first-order valence-corrected chi connectivity index (χ1v) is 39.2. The molecule has 5 heterocycles. The number of carboxylic acid groups (broad SMARTS) is 1. The number of methoxy groups -OCH3 is 1. The molecule has 4 aliphatic rings. The van der Waals surface area contributed by atoms with Crippen molar-refractivity contribution in [3.63, 3.8) is 0 Å². The number of aromatic nitrogens is 1. The summed E-state index contributed by atoms with van der Waals surface area (Å²) in [4.78, 5) is 237. The number of carboxylic acids is 1. The number of aliphatic hydroxyl groups is 2. The summed E-state index contributed by atoms with van der Waals surface area (Å²) in [7, 11) is 2.64. The average Bonchev–Trinajstić information content (AvgIpc) is 1.64. The molecular formula is C74H103N17O24S. The number of ether oxygens (including phenoxy) is 3. The molecule has 2 aromatic carbocycles. The second-order valence-electron chi connectivity index (χ2n) is 28.8. The standard InChI is InChI=1S/C74H103N17O24S/c1-8-39(4)61-67(105)79-32-55(95)81-51-37-116(112)70-46(45-20-19-43(113-7)29-49(45)85-70)31-50(63(101)78-33-56(96)87-61)84-69(107)62(40(5)53(93)35-92)88-66(104)52-30-44(34-91(52)71(108)48(83-65(51)103)21-24-59(99)100)115-74(111)89(6)28-26-77-73(110)114-36-41-15-17-42(18-16-41)80-64(102)47(13-12-25-76-72(75)109)82-68(106)60(38(2)3)86-54(94)14-10-9-11-27-90-57(97)22-23-58(90)98/h15-20,22-23,29,38-40,44,47-48,50-53,60-62,85,92-93H,8-14,21,24-28,30-37H2,1-7H3,(H,77,110)(H,78,101)(H,79,105)(H,80,102)(H,81,95)(H,82,106)(H,83,103)(H,84,107)(H,86,94)(H,87,96)(H,88,104)(H,99,100)(H3,75,76,109)/t39-,40-,44-,47-,48-,50+,51-,52?,53-,60-,61+,62+,116?/m0/s1. The number of primary amides is 1. The van der Waals surface area contributed by atoms with E-state index < -0.39 is 248 Å². The first-order chi connectivity index (χ1) is 55.1. The molecule has 0 radical (unpaired) electrons. The second kappa shape index (κ2) is 43.7. The molecule has 1 aromatic heterocycles. The number of hydrogen-bond acceptors (Lipinski definition) is 23. The topological polar surface area (TPSA) is 598 Å². The van der Waals surface area contributed by atoms with Crippen molar-refractivity contribution in [2.75, 3.05) is 77.6 Å². The van der Waals surface area contributed by atoms with E-state index in [1.165, 1.54) is 75.7 Å². The quantitative estimate of drug-likeness (QED) is 0.0172. The van der Waals surface area contributed by atoms with Gasteiger partial charge in [-0.1, -0.05) is 59.6 Å². The van der Waals surface area contributed by atoms with Crippen LogP contribution in [0, 0.1) is 17.8 Å². The summed E-state index contributed by atoms with van der Waals surface area (Å²) in [6.45, 7) is 4.14. The number of urea groups is 1. The number of alkyl carbamates (subject to hydrolysis) is 1. The van der Waals surface area contributed by atoms with Gasteiger partial charge in [-0.25, -0.2) is 14.4 Å².